The summed E-state index contributed by atoms with van der Waals surface area (Å²) < 4.78 is 1.43. The SMILES string of the molecule is O=C(O)c1cc(I)cc2c(O)csc12. The lowest BCUT2D eigenvalue weighted by molar-refractivity contribution is 0.0699. The normalized spacial score (nSPS) is 10.6. The molecule has 0 saturated carbocycles. The minimum absolute atomic E-state index is 0.144. The molecule has 0 aliphatic carbocycles. The molecule has 2 rings (SSSR count). The van der Waals surface area contributed by atoms with Gasteiger partial charge in [-0.25, -0.2) is 4.79 Å². The van der Waals surface area contributed by atoms with E-state index in [1.54, 1.807) is 17.5 Å². The van der Waals surface area contributed by atoms with E-state index in [1.807, 2.05) is 22.6 Å². The van der Waals surface area contributed by atoms with Gasteiger partial charge in [-0.1, -0.05) is 0 Å². The molecule has 0 amide bonds. The summed E-state index contributed by atoms with van der Waals surface area (Å²) in [4.78, 5) is 10.9. The first-order valence-electron chi connectivity index (χ1n) is 3.72. The van der Waals surface area contributed by atoms with Gasteiger partial charge in [0.1, 0.15) is 5.75 Å². The Morgan fingerprint density at radius 3 is 2.79 bits per heavy atom. The highest BCUT2D eigenvalue weighted by Gasteiger charge is 2.13. The molecule has 0 radical (unpaired) electrons. The Hall–Kier alpha value is -0.820. The van der Waals surface area contributed by atoms with Gasteiger partial charge in [0.05, 0.1) is 10.3 Å². The van der Waals surface area contributed by atoms with Crippen molar-refractivity contribution in [3.63, 3.8) is 0 Å². The van der Waals surface area contributed by atoms with Crippen molar-refractivity contribution in [2.24, 2.45) is 0 Å². The highest BCUT2D eigenvalue weighted by Crippen LogP contribution is 2.34. The summed E-state index contributed by atoms with van der Waals surface area (Å²) in [6.07, 6.45) is 0. The molecule has 0 aliphatic heterocycles. The van der Waals surface area contributed by atoms with Gasteiger partial charge in [0.2, 0.25) is 0 Å². The molecule has 1 heterocycles. The zero-order valence-corrected chi connectivity index (χ0v) is 9.79. The number of hydrogen-bond donors (Lipinski definition) is 2. The third kappa shape index (κ3) is 1.46. The van der Waals surface area contributed by atoms with Gasteiger partial charge in [0, 0.05) is 14.3 Å². The lowest BCUT2D eigenvalue weighted by Gasteiger charge is -1.98. The van der Waals surface area contributed by atoms with Gasteiger partial charge in [-0.05, 0) is 34.7 Å². The minimum Gasteiger partial charge on any atom is -0.506 e. The first-order chi connectivity index (χ1) is 6.59. The number of thiophene rings is 1. The summed E-state index contributed by atoms with van der Waals surface area (Å²) in [5.41, 5.74) is 0.247. The first kappa shape index (κ1) is 9.72. The van der Waals surface area contributed by atoms with Crippen LogP contribution in [0.1, 0.15) is 10.4 Å². The van der Waals surface area contributed by atoms with Gasteiger partial charge in [-0.3, -0.25) is 0 Å². The quantitative estimate of drug-likeness (QED) is 0.795. The summed E-state index contributed by atoms with van der Waals surface area (Å²) in [6, 6.07) is 3.37. The molecule has 1 aromatic carbocycles. The molecule has 14 heavy (non-hydrogen) atoms. The topological polar surface area (TPSA) is 57.5 Å². The molecule has 5 heteroatoms. The van der Waals surface area contributed by atoms with E-state index in [0.717, 1.165) is 3.57 Å². The van der Waals surface area contributed by atoms with Gasteiger partial charge in [0.25, 0.3) is 0 Å². The fourth-order valence-corrected chi connectivity index (χ4v) is 2.79. The molecule has 0 atom stereocenters. The highest BCUT2D eigenvalue weighted by atomic mass is 127. The Kier molecular flexibility index (Phi) is 2.36. The maximum Gasteiger partial charge on any atom is 0.337 e. The van der Waals surface area contributed by atoms with Gasteiger partial charge < -0.3 is 10.2 Å². The third-order valence-electron chi connectivity index (χ3n) is 1.85. The predicted molar refractivity (Wildman–Crippen MR) is 63.2 cm³/mol. The number of fused-ring (bicyclic) bond motifs is 1. The number of rotatable bonds is 1. The summed E-state index contributed by atoms with van der Waals surface area (Å²) in [5.74, 6) is -0.818. The van der Waals surface area contributed by atoms with E-state index < -0.39 is 5.97 Å². The molecule has 0 saturated heterocycles. The largest absolute Gasteiger partial charge is 0.506 e. The van der Waals surface area contributed by atoms with Crippen LogP contribution in [0.3, 0.4) is 0 Å². The summed E-state index contributed by atoms with van der Waals surface area (Å²) in [7, 11) is 0. The Balaban J connectivity index is 2.88. The second-order valence-corrected chi connectivity index (χ2v) is 4.88. The fourth-order valence-electron chi connectivity index (χ4n) is 1.25. The lowest BCUT2D eigenvalue weighted by Crippen LogP contribution is -1.96. The van der Waals surface area contributed by atoms with E-state index in [2.05, 4.69) is 0 Å². The van der Waals surface area contributed by atoms with Gasteiger partial charge in [0.15, 0.2) is 0 Å². The first-order valence-corrected chi connectivity index (χ1v) is 5.68. The van der Waals surface area contributed by atoms with Crippen LogP contribution in [0.4, 0.5) is 0 Å². The van der Waals surface area contributed by atoms with Gasteiger partial charge in [-0.15, -0.1) is 11.3 Å². The standard InChI is InChI=1S/C9H5IO3S/c10-4-1-5-7(11)3-14-8(5)6(2-4)9(12)13/h1-3,11H,(H,12,13). The number of aromatic hydroxyl groups is 1. The fraction of sp³-hybridized carbons (Fsp3) is 0. The highest BCUT2D eigenvalue weighted by molar-refractivity contribution is 14.1. The average Bonchev–Trinajstić information content (AvgIpc) is 2.47. The van der Waals surface area contributed by atoms with E-state index in [4.69, 9.17) is 5.11 Å². The predicted octanol–water partition coefficient (Wildman–Crippen LogP) is 2.91. The van der Waals surface area contributed by atoms with E-state index in [0.29, 0.717) is 10.1 Å². The number of carboxylic acids is 1. The van der Waals surface area contributed by atoms with Crippen molar-refractivity contribution in [2.45, 2.75) is 0 Å². The molecule has 1 aromatic heterocycles. The average molecular weight is 320 g/mol. The molecule has 0 spiro atoms. The van der Waals surface area contributed by atoms with E-state index in [1.165, 1.54) is 11.3 Å². The number of carbonyl (C=O) groups is 1. The van der Waals surface area contributed by atoms with Crippen LogP contribution in [0.25, 0.3) is 10.1 Å². The van der Waals surface area contributed by atoms with Crippen LogP contribution in [-0.2, 0) is 0 Å². The number of benzene rings is 1. The van der Waals surface area contributed by atoms with Gasteiger partial charge >= 0.3 is 5.97 Å². The molecule has 2 N–H and O–H groups in total. The number of hydrogen-bond acceptors (Lipinski definition) is 3. The molecule has 0 fully saturated rings. The monoisotopic (exact) mass is 320 g/mol. The number of carboxylic acid groups (broad SMARTS) is 1. The zero-order chi connectivity index (χ0) is 10.3. The Morgan fingerprint density at radius 2 is 2.14 bits per heavy atom. The second-order valence-electron chi connectivity index (χ2n) is 2.76. The van der Waals surface area contributed by atoms with Crippen LogP contribution in [0, 0.1) is 3.57 Å². The maximum absolute atomic E-state index is 10.9. The van der Waals surface area contributed by atoms with Crippen LogP contribution >= 0.6 is 33.9 Å². The summed E-state index contributed by atoms with van der Waals surface area (Å²) >= 11 is 3.27. The number of halogens is 1. The van der Waals surface area contributed by atoms with E-state index in [9.17, 15) is 9.90 Å². The molecule has 2 aromatic rings. The number of aromatic carboxylic acids is 1. The van der Waals surface area contributed by atoms with Crippen molar-refractivity contribution in [1.82, 2.24) is 0 Å². The van der Waals surface area contributed by atoms with Crippen LogP contribution in [0.5, 0.6) is 5.75 Å². The smallest absolute Gasteiger partial charge is 0.337 e. The van der Waals surface area contributed by atoms with Gasteiger partial charge in [-0.2, -0.15) is 0 Å². The molecule has 0 unspecified atom stereocenters. The maximum atomic E-state index is 10.9. The molecular weight excluding hydrogens is 315 g/mol. The Labute approximate surface area is 97.1 Å². The molecule has 0 bridgehead atoms. The van der Waals surface area contributed by atoms with E-state index >= 15 is 0 Å². The van der Waals surface area contributed by atoms with Crippen LogP contribution in [0.2, 0.25) is 0 Å². The molecule has 3 nitrogen and oxygen atoms in total. The second kappa shape index (κ2) is 3.39. The summed E-state index contributed by atoms with van der Waals surface area (Å²) in [5, 5.41) is 20.6. The van der Waals surface area contributed by atoms with Crippen molar-refractivity contribution in [3.05, 3.63) is 26.6 Å². The molecule has 0 aliphatic rings. The van der Waals surface area contributed by atoms with Crippen LogP contribution in [0.15, 0.2) is 17.5 Å². The zero-order valence-electron chi connectivity index (χ0n) is 6.82. The van der Waals surface area contributed by atoms with Crippen molar-refractivity contribution < 1.29 is 15.0 Å². The Morgan fingerprint density at radius 1 is 1.43 bits per heavy atom. The van der Waals surface area contributed by atoms with Crippen molar-refractivity contribution in [3.8, 4) is 5.75 Å². The van der Waals surface area contributed by atoms with Crippen LogP contribution in [-0.4, -0.2) is 16.2 Å². The lowest BCUT2D eigenvalue weighted by atomic mass is 10.1. The van der Waals surface area contributed by atoms with Crippen molar-refractivity contribution in [2.75, 3.05) is 0 Å². The van der Waals surface area contributed by atoms with E-state index in [-0.39, 0.29) is 11.3 Å². The van der Waals surface area contributed by atoms with Crippen molar-refractivity contribution >= 4 is 50.0 Å². The Bertz CT molecular complexity index is 518. The molecule has 72 valence electrons. The minimum atomic E-state index is -0.963. The van der Waals surface area contributed by atoms with Crippen LogP contribution < -0.4 is 0 Å². The summed E-state index contributed by atoms with van der Waals surface area (Å²) in [6.45, 7) is 0. The third-order valence-corrected chi connectivity index (χ3v) is 3.49. The van der Waals surface area contributed by atoms with Crippen molar-refractivity contribution in [1.29, 1.82) is 0 Å². The molecular formula is C9H5IO3S.